The summed E-state index contributed by atoms with van der Waals surface area (Å²) in [6, 6.07) is 2.34. The molecule has 0 aliphatic carbocycles. The standard InChI is InChI=1S/C17H26N4OS/c1-11-8-9-23-17(11)15(21(4)5)10-18-16(22)7-6-14-12(2)13(3)19-20-14/h8-9,15H,6-7,10H2,1-5H3,(H,18,22)(H,19,20)/t15-/m1/s1. The van der Waals surface area contributed by atoms with Gasteiger partial charge in [0.05, 0.1) is 11.7 Å². The van der Waals surface area contributed by atoms with Crippen LogP contribution in [-0.4, -0.2) is 41.6 Å². The molecule has 0 saturated carbocycles. The quantitative estimate of drug-likeness (QED) is 0.818. The summed E-state index contributed by atoms with van der Waals surface area (Å²) in [5.74, 6) is 0.0751. The largest absolute Gasteiger partial charge is 0.354 e. The Balaban J connectivity index is 1.87. The van der Waals surface area contributed by atoms with Gasteiger partial charge >= 0.3 is 0 Å². The summed E-state index contributed by atoms with van der Waals surface area (Å²) in [7, 11) is 4.09. The summed E-state index contributed by atoms with van der Waals surface area (Å²) in [4.78, 5) is 15.6. The molecule has 0 saturated heterocycles. The van der Waals surface area contributed by atoms with Crippen LogP contribution in [0.25, 0.3) is 0 Å². The molecule has 0 aliphatic heterocycles. The van der Waals surface area contributed by atoms with Gasteiger partial charge in [0.2, 0.25) is 5.91 Å². The van der Waals surface area contributed by atoms with Crippen LogP contribution in [0.4, 0.5) is 0 Å². The number of carbonyl (C=O) groups is 1. The van der Waals surface area contributed by atoms with Gasteiger partial charge in [-0.2, -0.15) is 5.10 Å². The van der Waals surface area contributed by atoms with Crippen molar-refractivity contribution in [3.8, 4) is 0 Å². The minimum absolute atomic E-state index is 0.0751. The molecule has 6 heteroatoms. The fourth-order valence-electron chi connectivity index (χ4n) is 2.55. The van der Waals surface area contributed by atoms with Crippen LogP contribution in [0.5, 0.6) is 0 Å². The third-order valence-electron chi connectivity index (χ3n) is 4.26. The number of hydrogen-bond acceptors (Lipinski definition) is 4. The normalized spacial score (nSPS) is 12.6. The van der Waals surface area contributed by atoms with E-state index in [-0.39, 0.29) is 11.9 Å². The van der Waals surface area contributed by atoms with E-state index >= 15 is 0 Å². The van der Waals surface area contributed by atoms with Crippen molar-refractivity contribution in [3.63, 3.8) is 0 Å². The average Bonchev–Trinajstić information content (AvgIpc) is 3.05. The number of amides is 1. The van der Waals surface area contributed by atoms with Gasteiger partial charge in [-0.1, -0.05) is 0 Å². The fourth-order valence-corrected chi connectivity index (χ4v) is 3.67. The summed E-state index contributed by atoms with van der Waals surface area (Å²) < 4.78 is 0. The van der Waals surface area contributed by atoms with Gasteiger partial charge in [-0.3, -0.25) is 9.89 Å². The molecule has 1 atom stereocenters. The number of rotatable bonds is 7. The fraction of sp³-hybridized carbons (Fsp3) is 0.529. The lowest BCUT2D eigenvalue weighted by molar-refractivity contribution is -0.121. The van der Waals surface area contributed by atoms with E-state index in [1.165, 1.54) is 10.4 Å². The molecule has 2 aromatic rings. The highest BCUT2D eigenvalue weighted by Gasteiger charge is 2.18. The zero-order valence-electron chi connectivity index (χ0n) is 14.6. The van der Waals surface area contributed by atoms with Crippen LogP contribution in [0.15, 0.2) is 11.4 Å². The van der Waals surface area contributed by atoms with Crippen LogP contribution in [0.3, 0.4) is 0 Å². The van der Waals surface area contributed by atoms with E-state index in [4.69, 9.17) is 0 Å². The highest BCUT2D eigenvalue weighted by atomic mass is 32.1. The maximum absolute atomic E-state index is 12.2. The topological polar surface area (TPSA) is 61.0 Å². The molecule has 0 aliphatic rings. The minimum atomic E-state index is 0.0751. The van der Waals surface area contributed by atoms with Gasteiger partial charge in [0, 0.05) is 30.0 Å². The van der Waals surface area contributed by atoms with Gasteiger partial charge in [-0.05, 0) is 57.4 Å². The molecule has 5 nitrogen and oxygen atoms in total. The Labute approximate surface area is 142 Å². The van der Waals surface area contributed by atoms with Crippen molar-refractivity contribution in [3.05, 3.63) is 38.8 Å². The monoisotopic (exact) mass is 334 g/mol. The second-order valence-electron chi connectivity index (χ2n) is 6.17. The number of aromatic amines is 1. The Bertz CT molecular complexity index is 659. The first-order valence-corrected chi connectivity index (χ1v) is 8.75. The zero-order valence-corrected chi connectivity index (χ0v) is 15.4. The molecule has 0 bridgehead atoms. The molecular weight excluding hydrogens is 308 g/mol. The highest BCUT2D eigenvalue weighted by Crippen LogP contribution is 2.26. The van der Waals surface area contributed by atoms with Crippen LogP contribution in [0, 0.1) is 20.8 Å². The van der Waals surface area contributed by atoms with Crippen molar-refractivity contribution in [1.29, 1.82) is 0 Å². The van der Waals surface area contributed by atoms with Gasteiger partial charge in [0.15, 0.2) is 0 Å². The highest BCUT2D eigenvalue weighted by molar-refractivity contribution is 7.10. The summed E-state index contributed by atoms with van der Waals surface area (Å²) in [6.07, 6.45) is 1.14. The number of likely N-dealkylation sites (N-methyl/N-ethyl adjacent to an activating group) is 1. The SMILES string of the molecule is Cc1ccsc1[C@@H](CNC(=O)CCc1n[nH]c(C)c1C)N(C)C. The molecule has 0 fully saturated rings. The summed E-state index contributed by atoms with van der Waals surface area (Å²) in [5, 5.41) is 12.4. The first-order valence-electron chi connectivity index (χ1n) is 7.87. The molecule has 23 heavy (non-hydrogen) atoms. The smallest absolute Gasteiger partial charge is 0.220 e. The third kappa shape index (κ3) is 4.42. The Morgan fingerprint density at radius 3 is 2.65 bits per heavy atom. The van der Waals surface area contributed by atoms with Crippen molar-refractivity contribution in [2.24, 2.45) is 0 Å². The van der Waals surface area contributed by atoms with Crippen LogP contribution in [0.1, 0.15) is 39.9 Å². The van der Waals surface area contributed by atoms with Crippen LogP contribution in [0.2, 0.25) is 0 Å². The summed E-state index contributed by atoms with van der Waals surface area (Å²) in [5.41, 5.74) is 4.49. The van der Waals surface area contributed by atoms with E-state index in [0.717, 1.165) is 17.0 Å². The Hall–Kier alpha value is -1.66. The van der Waals surface area contributed by atoms with Crippen molar-refractivity contribution in [1.82, 2.24) is 20.4 Å². The molecule has 2 rings (SSSR count). The Morgan fingerprint density at radius 2 is 2.13 bits per heavy atom. The van der Waals surface area contributed by atoms with E-state index in [1.54, 1.807) is 11.3 Å². The van der Waals surface area contributed by atoms with E-state index < -0.39 is 0 Å². The lowest BCUT2D eigenvalue weighted by Gasteiger charge is -2.24. The van der Waals surface area contributed by atoms with Crippen molar-refractivity contribution < 1.29 is 4.79 Å². The maximum atomic E-state index is 12.2. The molecule has 0 aromatic carbocycles. The number of aryl methyl sites for hydroxylation is 3. The predicted molar refractivity (Wildman–Crippen MR) is 94.9 cm³/mol. The molecule has 1 amide bonds. The predicted octanol–water partition coefficient (Wildman–Crippen LogP) is 2.75. The zero-order chi connectivity index (χ0) is 17.0. The molecule has 0 radical (unpaired) electrons. The van der Waals surface area contributed by atoms with Gasteiger partial charge in [0.1, 0.15) is 0 Å². The van der Waals surface area contributed by atoms with Crippen molar-refractivity contribution in [2.75, 3.05) is 20.6 Å². The molecule has 126 valence electrons. The van der Waals surface area contributed by atoms with Crippen LogP contribution in [-0.2, 0) is 11.2 Å². The van der Waals surface area contributed by atoms with Gasteiger partial charge in [-0.25, -0.2) is 0 Å². The number of nitrogens with one attached hydrogen (secondary N) is 2. The molecule has 0 spiro atoms. The first kappa shape index (κ1) is 17.7. The lowest BCUT2D eigenvalue weighted by Crippen LogP contribution is -2.34. The number of thiophene rings is 1. The van der Waals surface area contributed by atoms with Gasteiger partial charge < -0.3 is 10.2 Å². The Morgan fingerprint density at radius 1 is 1.39 bits per heavy atom. The first-order chi connectivity index (χ1) is 10.9. The Kier molecular flexibility index (Phi) is 5.96. The number of carbonyl (C=O) groups excluding carboxylic acids is 1. The number of hydrogen-bond donors (Lipinski definition) is 2. The number of aromatic nitrogens is 2. The number of H-pyrrole nitrogens is 1. The molecule has 2 heterocycles. The summed E-state index contributed by atoms with van der Waals surface area (Å²) >= 11 is 1.75. The van der Waals surface area contributed by atoms with Crippen molar-refractivity contribution >= 4 is 17.2 Å². The maximum Gasteiger partial charge on any atom is 0.220 e. The molecule has 2 aromatic heterocycles. The van der Waals surface area contributed by atoms with Gasteiger partial charge in [0.25, 0.3) is 0 Å². The van der Waals surface area contributed by atoms with Crippen LogP contribution >= 0.6 is 11.3 Å². The third-order valence-corrected chi connectivity index (χ3v) is 5.38. The van der Waals surface area contributed by atoms with E-state index in [2.05, 4.69) is 38.8 Å². The minimum Gasteiger partial charge on any atom is -0.354 e. The molecular formula is C17H26N4OS. The average molecular weight is 334 g/mol. The van der Waals surface area contributed by atoms with E-state index in [0.29, 0.717) is 19.4 Å². The van der Waals surface area contributed by atoms with E-state index in [1.807, 2.05) is 27.9 Å². The lowest BCUT2D eigenvalue weighted by atomic mass is 10.1. The van der Waals surface area contributed by atoms with E-state index in [9.17, 15) is 4.79 Å². The molecule has 0 unspecified atom stereocenters. The summed E-state index contributed by atoms with van der Waals surface area (Å²) in [6.45, 7) is 6.78. The molecule has 2 N–H and O–H groups in total. The second kappa shape index (κ2) is 7.75. The van der Waals surface area contributed by atoms with Crippen molar-refractivity contribution in [2.45, 2.75) is 39.7 Å². The van der Waals surface area contributed by atoms with Gasteiger partial charge in [-0.15, -0.1) is 11.3 Å². The number of nitrogens with zero attached hydrogens (tertiary/aromatic N) is 2. The second-order valence-corrected chi connectivity index (χ2v) is 7.12. The van der Waals surface area contributed by atoms with Crippen LogP contribution < -0.4 is 5.32 Å².